The van der Waals surface area contributed by atoms with E-state index in [2.05, 4.69) is 20.7 Å². The van der Waals surface area contributed by atoms with Crippen LogP contribution in [-0.2, 0) is 6.18 Å². The van der Waals surface area contributed by atoms with Crippen LogP contribution < -0.4 is 16.1 Å². The highest BCUT2D eigenvalue weighted by molar-refractivity contribution is 6.34. The Kier molecular flexibility index (Phi) is 4.39. The van der Waals surface area contributed by atoms with Crippen molar-refractivity contribution in [3.63, 3.8) is 0 Å². The average molecular weight is 311 g/mol. The van der Waals surface area contributed by atoms with Crippen LogP contribution in [0.2, 0.25) is 0 Å². The smallest absolute Gasteiger partial charge is 0.338 e. The number of urea groups is 1. The van der Waals surface area contributed by atoms with Crippen LogP contribution in [0.3, 0.4) is 0 Å². The summed E-state index contributed by atoms with van der Waals surface area (Å²) in [6.45, 7) is 2.20. The van der Waals surface area contributed by atoms with E-state index in [9.17, 15) is 18.0 Å². The molecule has 2 aromatic rings. The average Bonchev–Trinajstić information content (AvgIpc) is 2.90. The fourth-order valence-corrected chi connectivity index (χ4v) is 1.75. The van der Waals surface area contributed by atoms with E-state index in [-0.39, 0.29) is 5.82 Å². The number of hydrogen-bond donors (Lipinski definition) is 2. The zero-order valence-electron chi connectivity index (χ0n) is 11.9. The van der Waals surface area contributed by atoms with Crippen molar-refractivity contribution < 1.29 is 18.0 Å². The predicted octanol–water partition coefficient (Wildman–Crippen LogP) is 0.686. The Morgan fingerprint density at radius 1 is 1.41 bits per heavy atom. The molecule has 2 amide bonds. The van der Waals surface area contributed by atoms with Crippen molar-refractivity contribution in [1.29, 1.82) is 0 Å². The van der Waals surface area contributed by atoms with Crippen molar-refractivity contribution in [3.8, 4) is 5.69 Å². The highest BCUT2D eigenvalue weighted by Crippen LogP contribution is 2.29. The number of pyridine rings is 1. The van der Waals surface area contributed by atoms with E-state index in [1.54, 1.807) is 14.8 Å². The van der Waals surface area contributed by atoms with E-state index in [4.69, 9.17) is 0 Å². The second-order valence-corrected chi connectivity index (χ2v) is 4.51. The Morgan fingerprint density at radius 3 is 2.73 bits per heavy atom. The fraction of sp³-hybridized carbons (Fsp3) is 0.250. The van der Waals surface area contributed by atoms with Gasteiger partial charge in [-0.25, -0.2) is 14.5 Å². The Morgan fingerprint density at radius 2 is 2.14 bits per heavy atom. The monoisotopic (exact) mass is 311 g/mol. The van der Waals surface area contributed by atoms with Gasteiger partial charge < -0.3 is 5.32 Å². The number of anilines is 1. The Hall–Kier alpha value is -2.52. The molecule has 22 heavy (non-hydrogen) atoms. The van der Waals surface area contributed by atoms with E-state index in [0.717, 1.165) is 17.1 Å². The number of nitrogens with zero attached hydrogens (tertiary/aromatic N) is 3. The zero-order chi connectivity index (χ0) is 16.3. The third-order valence-electron chi connectivity index (χ3n) is 2.81. The second kappa shape index (κ2) is 6.08. The maximum absolute atomic E-state index is 12.6. The van der Waals surface area contributed by atoms with Crippen LogP contribution in [0.15, 0.2) is 24.7 Å². The van der Waals surface area contributed by atoms with Gasteiger partial charge in [-0.15, -0.1) is 0 Å². The Balaban J connectivity index is 2.30. The van der Waals surface area contributed by atoms with Crippen molar-refractivity contribution in [3.05, 3.63) is 30.2 Å². The third-order valence-corrected chi connectivity index (χ3v) is 2.81. The molecule has 2 rings (SSSR count). The highest BCUT2D eigenvalue weighted by Gasteiger charge is 2.32. The fourth-order valence-electron chi connectivity index (χ4n) is 1.75. The minimum Gasteiger partial charge on any atom is -0.338 e. The molecule has 0 aromatic carbocycles. The molecule has 0 atom stereocenters. The summed E-state index contributed by atoms with van der Waals surface area (Å²) in [4.78, 5) is 15.5. The SMILES string of the molecule is Bc1cnc(NC(=O)NCC)cc1-n1cc(C(F)(F)F)cn1. The summed E-state index contributed by atoms with van der Waals surface area (Å²) >= 11 is 0. The van der Waals surface area contributed by atoms with Crippen LogP contribution in [0.4, 0.5) is 23.8 Å². The van der Waals surface area contributed by atoms with Crippen molar-refractivity contribution in [1.82, 2.24) is 20.1 Å². The van der Waals surface area contributed by atoms with Gasteiger partial charge in [-0.05, 0) is 12.4 Å². The molecule has 0 radical (unpaired) electrons. The molecular weight excluding hydrogens is 298 g/mol. The minimum absolute atomic E-state index is 0.218. The van der Waals surface area contributed by atoms with E-state index in [0.29, 0.717) is 17.7 Å². The van der Waals surface area contributed by atoms with Gasteiger partial charge in [0.1, 0.15) is 13.7 Å². The molecule has 6 nitrogen and oxygen atoms in total. The lowest BCUT2D eigenvalue weighted by Gasteiger charge is -2.10. The van der Waals surface area contributed by atoms with Crippen molar-refractivity contribution >= 4 is 25.2 Å². The number of carbonyl (C=O) groups excluding carboxylic acids is 1. The lowest BCUT2D eigenvalue weighted by molar-refractivity contribution is -0.137. The van der Waals surface area contributed by atoms with Crippen LogP contribution >= 0.6 is 0 Å². The van der Waals surface area contributed by atoms with Gasteiger partial charge >= 0.3 is 12.2 Å². The Labute approximate surface area is 125 Å². The lowest BCUT2D eigenvalue weighted by atomic mass is 9.96. The third kappa shape index (κ3) is 3.57. The molecule has 0 saturated heterocycles. The van der Waals surface area contributed by atoms with E-state index in [1.807, 2.05) is 0 Å². The first-order chi connectivity index (χ1) is 10.3. The van der Waals surface area contributed by atoms with E-state index in [1.165, 1.54) is 12.3 Å². The molecule has 0 bridgehead atoms. The molecule has 116 valence electrons. The quantitative estimate of drug-likeness (QED) is 0.819. The predicted molar refractivity (Wildman–Crippen MR) is 77.2 cm³/mol. The second-order valence-electron chi connectivity index (χ2n) is 4.51. The molecule has 0 unspecified atom stereocenters. The molecule has 0 saturated carbocycles. The minimum atomic E-state index is -4.46. The van der Waals surface area contributed by atoms with Gasteiger partial charge in [-0.3, -0.25) is 5.32 Å². The first-order valence-electron chi connectivity index (χ1n) is 6.45. The van der Waals surface area contributed by atoms with Crippen molar-refractivity contribution in [2.75, 3.05) is 11.9 Å². The lowest BCUT2D eigenvalue weighted by Crippen LogP contribution is -2.29. The van der Waals surface area contributed by atoms with Crippen LogP contribution in [0.5, 0.6) is 0 Å². The van der Waals surface area contributed by atoms with Crippen LogP contribution in [0.25, 0.3) is 5.69 Å². The number of hydrogen-bond acceptors (Lipinski definition) is 3. The van der Waals surface area contributed by atoms with Gasteiger partial charge in [0.05, 0.1) is 17.4 Å². The molecule has 0 fully saturated rings. The van der Waals surface area contributed by atoms with Gasteiger partial charge in [0.2, 0.25) is 0 Å². The first kappa shape index (κ1) is 15.9. The van der Waals surface area contributed by atoms with Crippen LogP contribution in [0.1, 0.15) is 12.5 Å². The van der Waals surface area contributed by atoms with Gasteiger partial charge in [0, 0.05) is 25.0 Å². The molecule has 0 spiro atoms. The molecule has 0 aliphatic heterocycles. The number of alkyl halides is 3. The number of amides is 2. The molecule has 0 aliphatic carbocycles. The number of nitrogens with one attached hydrogen (secondary N) is 2. The van der Waals surface area contributed by atoms with E-state index < -0.39 is 17.8 Å². The Bertz CT molecular complexity index is 686. The number of rotatable bonds is 3. The summed E-state index contributed by atoms with van der Waals surface area (Å²) in [6.07, 6.45) is -1.37. The van der Waals surface area contributed by atoms with Gasteiger partial charge in [-0.2, -0.15) is 18.3 Å². The molecule has 2 N–H and O–H groups in total. The highest BCUT2D eigenvalue weighted by atomic mass is 19.4. The first-order valence-corrected chi connectivity index (χ1v) is 6.45. The number of aromatic nitrogens is 3. The van der Waals surface area contributed by atoms with Gasteiger partial charge in [0.25, 0.3) is 0 Å². The standard InChI is InChI=1S/C12H13BF3N5O/c1-2-17-11(22)20-10-3-9(8(13)5-18-10)21-6-7(4-19-21)12(14,15)16/h3-6H,2,13H2,1H3,(H2,17,18,20,22). The molecule has 2 aromatic heterocycles. The largest absolute Gasteiger partial charge is 0.419 e. The summed E-state index contributed by atoms with van der Waals surface area (Å²) in [7, 11) is 1.69. The topological polar surface area (TPSA) is 71.8 Å². The maximum Gasteiger partial charge on any atom is 0.419 e. The summed E-state index contributed by atoms with van der Waals surface area (Å²) < 4.78 is 39.0. The molecule has 2 heterocycles. The molecule has 10 heteroatoms. The van der Waals surface area contributed by atoms with Crippen molar-refractivity contribution in [2.24, 2.45) is 0 Å². The van der Waals surface area contributed by atoms with Gasteiger partial charge in [0.15, 0.2) is 0 Å². The normalized spacial score (nSPS) is 11.3. The van der Waals surface area contributed by atoms with E-state index >= 15 is 0 Å². The number of carbonyl (C=O) groups is 1. The summed E-state index contributed by atoms with van der Waals surface area (Å²) in [6, 6.07) is 1.01. The molecular formula is C12H13BF3N5O. The molecule has 0 aliphatic rings. The van der Waals surface area contributed by atoms with Crippen LogP contribution in [-0.4, -0.2) is 35.2 Å². The zero-order valence-corrected chi connectivity index (χ0v) is 11.9. The summed E-state index contributed by atoms with van der Waals surface area (Å²) in [5.74, 6) is 0.218. The summed E-state index contributed by atoms with van der Waals surface area (Å²) in [5, 5.41) is 8.73. The number of halogens is 3. The van der Waals surface area contributed by atoms with Crippen molar-refractivity contribution in [2.45, 2.75) is 13.1 Å². The van der Waals surface area contributed by atoms with Gasteiger partial charge in [-0.1, -0.05) is 0 Å². The maximum atomic E-state index is 12.6. The summed E-state index contributed by atoms with van der Waals surface area (Å²) in [5.41, 5.74) is 0.178. The van der Waals surface area contributed by atoms with Crippen LogP contribution in [0, 0.1) is 0 Å².